The zero-order valence-electron chi connectivity index (χ0n) is 14.1. The van der Waals surface area contributed by atoms with Crippen molar-refractivity contribution in [3.8, 4) is 0 Å². The van der Waals surface area contributed by atoms with E-state index in [0.717, 1.165) is 25.5 Å². The van der Waals surface area contributed by atoms with E-state index < -0.39 is 0 Å². The Morgan fingerprint density at radius 1 is 1.25 bits per heavy atom. The highest BCUT2D eigenvalue weighted by Crippen LogP contribution is 2.17. The van der Waals surface area contributed by atoms with Crippen LogP contribution in [0.15, 0.2) is 30.6 Å². The number of urea groups is 1. The van der Waals surface area contributed by atoms with Crippen molar-refractivity contribution in [1.82, 2.24) is 20.2 Å². The van der Waals surface area contributed by atoms with Crippen LogP contribution in [-0.2, 0) is 6.42 Å². The van der Waals surface area contributed by atoms with Crippen molar-refractivity contribution in [2.75, 3.05) is 31.1 Å². The molecule has 3 rings (SSSR count). The van der Waals surface area contributed by atoms with E-state index in [0.29, 0.717) is 13.1 Å². The summed E-state index contributed by atoms with van der Waals surface area (Å²) < 4.78 is 0. The molecule has 0 unspecified atom stereocenters. The first-order chi connectivity index (χ1) is 11.6. The lowest BCUT2D eigenvalue weighted by Gasteiger charge is -2.35. The number of aryl methyl sites for hydroxylation is 1. The van der Waals surface area contributed by atoms with E-state index in [1.165, 1.54) is 9.75 Å². The summed E-state index contributed by atoms with van der Waals surface area (Å²) in [6, 6.07) is 6.22. The minimum Gasteiger partial charge on any atom is -0.337 e. The molecule has 2 aromatic heterocycles. The molecule has 2 aromatic rings. The van der Waals surface area contributed by atoms with Crippen molar-refractivity contribution in [3.05, 3.63) is 40.3 Å². The second-order valence-corrected chi connectivity index (χ2v) is 7.46. The molecule has 3 heterocycles. The quantitative estimate of drug-likeness (QED) is 0.924. The molecule has 128 valence electrons. The van der Waals surface area contributed by atoms with Crippen molar-refractivity contribution >= 4 is 23.3 Å². The molecule has 0 bridgehead atoms. The minimum atomic E-state index is 0.0180. The van der Waals surface area contributed by atoms with Gasteiger partial charge in [-0.3, -0.25) is 0 Å². The van der Waals surface area contributed by atoms with Gasteiger partial charge >= 0.3 is 6.03 Å². The molecule has 24 heavy (non-hydrogen) atoms. The molecule has 2 amide bonds. The van der Waals surface area contributed by atoms with Gasteiger partial charge in [0.1, 0.15) is 0 Å². The van der Waals surface area contributed by atoms with E-state index in [9.17, 15) is 4.79 Å². The average Bonchev–Trinajstić information content (AvgIpc) is 3.00. The third-order valence-electron chi connectivity index (χ3n) is 4.08. The van der Waals surface area contributed by atoms with Gasteiger partial charge in [-0.1, -0.05) is 0 Å². The Morgan fingerprint density at radius 3 is 2.58 bits per heavy atom. The lowest BCUT2D eigenvalue weighted by atomic mass is 10.2. The number of aromatic nitrogens is 2. The predicted molar refractivity (Wildman–Crippen MR) is 96.6 cm³/mol. The molecule has 0 aliphatic carbocycles. The van der Waals surface area contributed by atoms with Crippen LogP contribution < -0.4 is 10.2 Å². The molecule has 1 aliphatic rings. The van der Waals surface area contributed by atoms with E-state index in [1.807, 2.05) is 11.0 Å². The Balaban J connectivity index is 1.46. The summed E-state index contributed by atoms with van der Waals surface area (Å²) in [6.45, 7) is 7.06. The van der Waals surface area contributed by atoms with Crippen LogP contribution >= 0.6 is 11.3 Å². The minimum absolute atomic E-state index is 0.0180. The van der Waals surface area contributed by atoms with Crippen LogP contribution in [0.3, 0.4) is 0 Å². The molecule has 1 N–H and O–H groups in total. The monoisotopic (exact) mass is 345 g/mol. The van der Waals surface area contributed by atoms with Gasteiger partial charge in [0, 0.05) is 60.8 Å². The van der Waals surface area contributed by atoms with Gasteiger partial charge in [0.25, 0.3) is 0 Å². The Hall–Kier alpha value is -2.15. The van der Waals surface area contributed by atoms with Crippen LogP contribution in [0.1, 0.15) is 16.7 Å². The number of carbonyl (C=O) groups is 1. The molecule has 0 aromatic carbocycles. The SMILES string of the molecule is Cc1ccc(C[C@@H](C)NC(=O)N2CCN(c3ncccn3)CC2)s1. The van der Waals surface area contributed by atoms with Gasteiger partial charge in [-0.05, 0) is 32.0 Å². The smallest absolute Gasteiger partial charge is 0.317 e. The third-order valence-corrected chi connectivity index (χ3v) is 5.10. The molecule has 0 saturated carbocycles. The zero-order valence-corrected chi connectivity index (χ0v) is 14.9. The van der Waals surface area contributed by atoms with Crippen LogP contribution in [0.25, 0.3) is 0 Å². The standard InChI is InChI=1S/C17H23N5OS/c1-13(12-15-5-4-14(2)24-15)20-17(23)22-10-8-21(9-11-22)16-18-6-3-7-19-16/h3-7,13H,8-12H2,1-2H3,(H,20,23)/t13-/m1/s1. The van der Waals surface area contributed by atoms with Gasteiger partial charge in [-0.2, -0.15) is 0 Å². The average molecular weight is 345 g/mol. The number of nitrogens with one attached hydrogen (secondary N) is 1. The Morgan fingerprint density at radius 2 is 1.96 bits per heavy atom. The molecular formula is C17H23N5OS. The maximum atomic E-state index is 12.4. The van der Waals surface area contributed by atoms with Gasteiger partial charge in [0.2, 0.25) is 5.95 Å². The second-order valence-electron chi connectivity index (χ2n) is 6.09. The molecule has 1 atom stereocenters. The highest BCUT2D eigenvalue weighted by Gasteiger charge is 2.23. The predicted octanol–water partition coefficient (Wildman–Crippen LogP) is 2.31. The van der Waals surface area contributed by atoms with Gasteiger partial charge in [-0.15, -0.1) is 11.3 Å². The summed E-state index contributed by atoms with van der Waals surface area (Å²) >= 11 is 1.79. The van der Waals surface area contributed by atoms with Crippen LogP contribution in [0, 0.1) is 6.92 Å². The van der Waals surface area contributed by atoms with E-state index in [1.54, 1.807) is 23.7 Å². The molecule has 1 aliphatic heterocycles. The van der Waals surface area contributed by atoms with Crippen LogP contribution in [0.5, 0.6) is 0 Å². The third kappa shape index (κ3) is 4.23. The van der Waals surface area contributed by atoms with E-state index in [2.05, 4.69) is 46.2 Å². The van der Waals surface area contributed by atoms with Crippen LogP contribution in [0.2, 0.25) is 0 Å². The topological polar surface area (TPSA) is 61.4 Å². The highest BCUT2D eigenvalue weighted by atomic mass is 32.1. The first-order valence-corrected chi connectivity index (χ1v) is 9.06. The summed E-state index contributed by atoms with van der Waals surface area (Å²) in [4.78, 5) is 27.6. The molecule has 1 fully saturated rings. The number of amides is 2. The van der Waals surface area contributed by atoms with Gasteiger partial charge in [0.15, 0.2) is 0 Å². The van der Waals surface area contributed by atoms with Crippen molar-refractivity contribution < 1.29 is 4.79 Å². The van der Waals surface area contributed by atoms with Crippen molar-refractivity contribution in [1.29, 1.82) is 0 Å². The Bertz CT molecular complexity index is 667. The van der Waals surface area contributed by atoms with Crippen molar-refractivity contribution in [2.45, 2.75) is 26.3 Å². The lowest BCUT2D eigenvalue weighted by molar-refractivity contribution is 0.191. The van der Waals surface area contributed by atoms with Gasteiger partial charge < -0.3 is 15.1 Å². The number of carbonyl (C=O) groups excluding carboxylic acids is 1. The number of anilines is 1. The lowest BCUT2D eigenvalue weighted by Crippen LogP contribution is -2.53. The van der Waals surface area contributed by atoms with Gasteiger partial charge in [-0.25, -0.2) is 14.8 Å². The normalized spacial score (nSPS) is 16.1. The Kier molecular flexibility index (Phi) is 5.30. The van der Waals surface area contributed by atoms with Crippen molar-refractivity contribution in [2.24, 2.45) is 0 Å². The van der Waals surface area contributed by atoms with E-state index >= 15 is 0 Å². The summed E-state index contributed by atoms with van der Waals surface area (Å²) in [5.41, 5.74) is 0. The summed E-state index contributed by atoms with van der Waals surface area (Å²) in [6.07, 6.45) is 4.37. The van der Waals surface area contributed by atoms with E-state index in [-0.39, 0.29) is 12.1 Å². The first kappa shape index (κ1) is 16.7. The Labute approximate surface area is 146 Å². The van der Waals surface area contributed by atoms with Gasteiger partial charge in [0.05, 0.1) is 0 Å². The largest absolute Gasteiger partial charge is 0.337 e. The number of nitrogens with zero attached hydrogens (tertiary/aromatic N) is 4. The van der Waals surface area contributed by atoms with Crippen LogP contribution in [0.4, 0.5) is 10.7 Å². The molecule has 1 saturated heterocycles. The first-order valence-electron chi connectivity index (χ1n) is 8.24. The molecule has 6 nitrogen and oxygen atoms in total. The molecule has 7 heteroatoms. The van der Waals surface area contributed by atoms with Crippen molar-refractivity contribution in [3.63, 3.8) is 0 Å². The number of rotatable bonds is 4. The number of hydrogen-bond donors (Lipinski definition) is 1. The summed E-state index contributed by atoms with van der Waals surface area (Å²) in [5.74, 6) is 0.735. The fraction of sp³-hybridized carbons (Fsp3) is 0.471. The van der Waals surface area contributed by atoms with Crippen LogP contribution in [-0.4, -0.2) is 53.1 Å². The maximum absolute atomic E-state index is 12.4. The summed E-state index contributed by atoms with van der Waals surface area (Å²) in [7, 11) is 0. The number of piperazine rings is 1. The molecule has 0 spiro atoms. The number of thiophene rings is 1. The zero-order chi connectivity index (χ0) is 16.9. The maximum Gasteiger partial charge on any atom is 0.317 e. The molecular weight excluding hydrogens is 322 g/mol. The highest BCUT2D eigenvalue weighted by molar-refractivity contribution is 7.11. The summed E-state index contributed by atoms with van der Waals surface area (Å²) in [5, 5.41) is 3.11. The molecule has 0 radical (unpaired) electrons. The fourth-order valence-electron chi connectivity index (χ4n) is 2.81. The van der Waals surface area contributed by atoms with E-state index in [4.69, 9.17) is 0 Å². The number of hydrogen-bond acceptors (Lipinski definition) is 5. The second kappa shape index (κ2) is 7.61. The fourth-order valence-corrected chi connectivity index (χ4v) is 3.83.